The van der Waals surface area contributed by atoms with E-state index in [-0.39, 0.29) is 0 Å². The molecule has 0 aliphatic heterocycles. The second kappa shape index (κ2) is 18.2. The summed E-state index contributed by atoms with van der Waals surface area (Å²) in [5.74, 6) is 0. The largest absolute Gasteiger partial charge is 0.383 e. The van der Waals surface area contributed by atoms with Gasteiger partial charge in [-0.1, -0.05) is 46.4 Å². The van der Waals surface area contributed by atoms with E-state index in [9.17, 15) is 0 Å². The zero-order chi connectivity index (χ0) is 40.0. The lowest BCUT2D eigenvalue weighted by atomic mass is 10.1. The number of rotatable bonds is 16. The van der Waals surface area contributed by atoms with Crippen molar-refractivity contribution in [1.82, 2.24) is 24.8 Å². The van der Waals surface area contributed by atoms with Gasteiger partial charge in [0.2, 0.25) is 0 Å². The minimum atomic E-state index is 0.665. The van der Waals surface area contributed by atoms with Crippen molar-refractivity contribution in [3.8, 4) is 0 Å². The second-order valence-corrected chi connectivity index (χ2v) is 15.9. The fraction of sp³-hybridized carbons (Fsp3) is 0.200. The Balaban J connectivity index is 0.985. The third-order valence-corrected chi connectivity index (χ3v) is 11.3. The molecule has 0 atom stereocenters. The van der Waals surface area contributed by atoms with Gasteiger partial charge in [0.1, 0.15) is 0 Å². The molecular weight excluding hydrogens is 808 g/mol. The Labute approximate surface area is 357 Å². The van der Waals surface area contributed by atoms with Crippen molar-refractivity contribution in [3.05, 3.63) is 142 Å². The van der Waals surface area contributed by atoms with Crippen LogP contribution in [0.4, 0.5) is 22.7 Å². The highest BCUT2D eigenvalue weighted by atomic mass is 35.5. The van der Waals surface area contributed by atoms with Gasteiger partial charge in [0.05, 0.1) is 22.1 Å². The maximum atomic E-state index is 6.39. The van der Waals surface area contributed by atoms with Gasteiger partial charge in [-0.2, -0.15) is 0 Å². The Hall–Kier alpha value is -5.16. The first-order valence-electron chi connectivity index (χ1n) is 19.1. The molecule has 0 aliphatic carbocycles. The third-order valence-electron chi connectivity index (χ3n) is 10.4. The SMILES string of the molecule is CN(CCN(CCNc1ccnc2cc(Cl)ccc12)c1ccnc2cc(Cl)ccc12)CCN(CCNc1ccnc2cc(Cl)ccc12)c1ccnc2cc(Cl)ccc12. The van der Waals surface area contributed by atoms with E-state index >= 15 is 0 Å². The quantitative estimate of drug-likeness (QED) is 0.0987. The molecule has 2 N–H and O–H groups in total. The molecule has 4 heterocycles. The Bertz CT molecular complexity index is 2530. The van der Waals surface area contributed by atoms with Crippen LogP contribution in [0.5, 0.6) is 0 Å². The molecule has 4 aromatic heterocycles. The van der Waals surface area contributed by atoms with E-state index in [0.29, 0.717) is 33.2 Å². The monoisotopic (exact) mass is 847 g/mol. The van der Waals surface area contributed by atoms with Crippen molar-refractivity contribution in [2.24, 2.45) is 0 Å². The van der Waals surface area contributed by atoms with Crippen molar-refractivity contribution < 1.29 is 0 Å². The summed E-state index contributed by atoms with van der Waals surface area (Å²) in [6.45, 7) is 6.19. The summed E-state index contributed by atoms with van der Waals surface area (Å²) in [4.78, 5) is 25.5. The molecule has 0 bridgehead atoms. The summed E-state index contributed by atoms with van der Waals surface area (Å²) in [5.41, 5.74) is 7.72. The van der Waals surface area contributed by atoms with Crippen LogP contribution in [0.25, 0.3) is 43.6 Å². The summed E-state index contributed by atoms with van der Waals surface area (Å²) in [5, 5.41) is 14.2. The van der Waals surface area contributed by atoms with Crippen LogP contribution in [-0.2, 0) is 0 Å². The minimum Gasteiger partial charge on any atom is -0.383 e. The van der Waals surface area contributed by atoms with Gasteiger partial charge in [0.25, 0.3) is 0 Å². The van der Waals surface area contributed by atoms with E-state index in [0.717, 1.165) is 106 Å². The number of nitrogens with one attached hydrogen (secondary N) is 2. The van der Waals surface area contributed by atoms with E-state index in [1.807, 2.05) is 97.6 Å². The van der Waals surface area contributed by atoms with E-state index in [1.165, 1.54) is 0 Å². The van der Waals surface area contributed by atoms with Gasteiger partial charge < -0.3 is 25.3 Å². The van der Waals surface area contributed by atoms with Crippen LogP contribution < -0.4 is 20.4 Å². The number of pyridine rings is 4. The van der Waals surface area contributed by atoms with E-state index in [4.69, 9.17) is 46.4 Å². The smallest absolute Gasteiger partial charge is 0.0737 e. The number of anilines is 4. The molecule has 8 rings (SSSR count). The van der Waals surface area contributed by atoms with Crippen LogP contribution in [-0.4, -0.2) is 84.2 Å². The molecule has 4 aromatic carbocycles. The minimum absolute atomic E-state index is 0.665. The number of fused-ring (bicyclic) bond motifs is 4. The molecule has 0 radical (unpaired) electrons. The topological polar surface area (TPSA) is 85.3 Å². The maximum absolute atomic E-state index is 6.39. The molecular formula is C45H41Cl4N9. The zero-order valence-electron chi connectivity index (χ0n) is 31.8. The molecule has 0 saturated carbocycles. The molecule has 0 aliphatic rings. The molecule has 13 heteroatoms. The van der Waals surface area contributed by atoms with Crippen molar-refractivity contribution in [2.75, 3.05) is 79.8 Å². The Kier molecular flexibility index (Phi) is 12.4. The Morgan fingerprint density at radius 1 is 0.414 bits per heavy atom. The van der Waals surface area contributed by atoms with Crippen LogP contribution in [0.2, 0.25) is 20.1 Å². The lowest BCUT2D eigenvalue weighted by Crippen LogP contribution is -2.40. The number of benzene rings is 4. The molecule has 8 aromatic rings. The van der Waals surface area contributed by atoms with Crippen LogP contribution in [0, 0.1) is 0 Å². The number of hydrogen-bond acceptors (Lipinski definition) is 9. The van der Waals surface area contributed by atoms with E-state index in [1.54, 1.807) is 0 Å². The maximum Gasteiger partial charge on any atom is 0.0737 e. The highest BCUT2D eigenvalue weighted by molar-refractivity contribution is 6.32. The van der Waals surface area contributed by atoms with Crippen LogP contribution >= 0.6 is 46.4 Å². The van der Waals surface area contributed by atoms with Crippen molar-refractivity contribution in [1.29, 1.82) is 0 Å². The van der Waals surface area contributed by atoms with Crippen LogP contribution in [0.3, 0.4) is 0 Å². The van der Waals surface area contributed by atoms with Gasteiger partial charge in [-0.25, -0.2) is 0 Å². The number of likely N-dealkylation sites (N-methyl/N-ethyl adjacent to an activating group) is 1. The molecule has 294 valence electrons. The average molecular weight is 850 g/mol. The number of halogens is 4. The lowest BCUT2D eigenvalue weighted by Gasteiger charge is -2.31. The van der Waals surface area contributed by atoms with Crippen molar-refractivity contribution >= 4 is 113 Å². The van der Waals surface area contributed by atoms with Crippen molar-refractivity contribution in [3.63, 3.8) is 0 Å². The Morgan fingerprint density at radius 2 is 0.759 bits per heavy atom. The van der Waals surface area contributed by atoms with Gasteiger partial charge in [0.15, 0.2) is 0 Å². The summed E-state index contributed by atoms with van der Waals surface area (Å²) in [6, 6.07) is 31.6. The first-order valence-corrected chi connectivity index (χ1v) is 20.6. The molecule has 0 fully saturated rings. The van der Waals surface area contributed by atoms with Gasteiger partial charge in [-0.3, -0.25) is 19.9 Å². The predicted molar refractivity (Wildman–Crippen MR) is 246 cm³/mol. The van der Waals surface area contributed by atoms with Gasteiger partial charge in [0, 0.05) is 142 Å². The molecule has 0 spiro atoms. The fourth-order valence-electron chi connectivity index (χ4n) is 7.37. The van der Waals surface area contributed by atoms with Crippen LogP contribution in [0.15, 0.2) is 122 Å². The van der Waals surface area contributed by atoms with Crippen molar-refractivity contribution in [2.45, 2.75) is 0 Å². The molecule has 0 amide bonds. The number of hydrogen-bond donors (Lipinski definition) is 2. The average Bonchev–Trinajstić information content (AvgIpc) is 3.22. The van der Waals surface area contributed by atoms with Gasteiger partial charge in [-0.15, -0.1) is 0 Å². The highest BCUT2D eigenvalue weighted by Crippen LogP contribution is 2.30. The lowest BCUT2D eigenvalue weighted by molar-refractivity contribution is 0.346. The fourth-order valence-corrected chi connectivity index (χ4v) is 8.03. The summed E-state index contributed by atoms with van der Waals surface area (Å²) >= 11 is 25.3. The summed E-state index contributed by atoms with van der Waals surface area (Å²) in [6.07, 6.45) is 7.35. The normalized spacial score (nSPS) is 11.6. The summed E-state index contributed by atoms with van der Waals surface area (Å²) < 4.78 is 0. The van der Waals surface area contributed by atoms with Gasteiger partial charge in [-0.05, 0) is 104 Å². The number of aromatic nitrogens is 4. The third kappa shape index (κ3) is 9.25. The highest BCUT2D eigenvalue weighted by Gasteiger charge is 2.16. The Morgan fingerprint density at radius 3 is 1.16 bits per heavy atom. The molecule has 0 saturated heterocycles. The first-order chi connectivity index (χ1) is 28.3. The predicted octanol–water partition coefficient (Wildman–Crippen LogP) is 11.0. The zero-order valence-corrected chi connectivity index (χ0v) is 34.9. The second-order valence-electron chi connectivity index (χ2n) is 14.2. The van der Waals surface area contributed by atoms with E-state index < -0.39 is 0 Å². The van der Waals surface area contributed by atoms with Gasteiger partial charge >= 0.3 is 0 Å². The molecule has 0 unspecified atom stereocenters. The summed E-state index contributed by atoms with van der Waals surface area (Å²) in [7, 11) is 2.18. The van der Waals surface area contributed by atoms with E-state index in [2.05, 4.69) is 76.6 Å². The standard InChI is InChI=1S/C45H41Cl4N9/c1-56(22-24-57(44-12-16-52-42-28-32(48)4-8-36(42)44)20-18-54-38-10-14-50-40-26-30(46)2-6-34(38)40)23-25-58(45-13-17-53-43-29-33(49)5-9-37(43)45)21-19-55-39-11-15-51-41-27-31(47)3-7-35(39)41/h2-17,26-29H,18-25H2,1H3,(H,50,54)(H,51,55). The molecule has 58 heavy (non-hydrogen) atoms. The first kappa shape index (κ1) is 39.7. The van der Waals surface area contributed by atoms with Crippen LogP contribution in [0.1, 0.15) is 0 Å². The number of nitrogens with zero attached hydrogens (tertiary/aromatic N) is 7. The molecule has 9 nitrogen and oxygen atoms in total.